The van der Waals surface area contributed by atoms with Crippen LogP contribution >= 0.6 is 0 Å². The second kappa shape index (κ2) is 3.11. The highest BCUT2D eigenvalue weighted by atomic mass is 16.0. The first kappa shape index (κ1) is 10.9. The highest BCUT2D eigenvalue weighted by Crippen LogP contribution is 2.27. The van der Waals surface area contributed by atoms with E-state index in [2.05, 4.69) is 33.0 Å². The normalized spacial score (nSPS) is 27.3. The quantitative estimate of drug-likeness (QED) is 0.575. The maximum atomic E-state index is 3.63. The van der Waals surface area contributed by atoms with Gasteiger partial charge < -0.3 is 5.32 Å². The summed E-state index contributed by atoms with van der Waals surface area (Å²) in [5.74, 6) is 0. The Kier molecular flexibility index (Phi) is 3.09. The predicted octanol–water partition coefficient (Wildman–Crippen LogP) is 2.20. The maximum absolute atomic E-state index is 3.63. The third kappa shape index (κ3) is 3.21. The van der Waals surface area contributed by atoms with Crippen molar-refractivity contribution >= 4 is 0 Å². The summed E-state index contributed by atoms with van der Waals surface area (Å²) in [5, 5.41) is 3.63. The minimum Gasteiger partial charge on any atom is -0.307 e. The first-order chi connectivity index (χ1) is 4.41. The minimum atomic E-state index is 0. The second-order valence-electron chi connectivity index (χ2n) is 4.75. The molecule has 2 heteroatoms. The van der Waals surface area contributed by atoms with E-state index in [0.717, 1.165) is 0 Å². The molecule has 1 saturated heterocycles. The Balaban J connectivity index is 0.000001000. The smallest absolute Gasteiger partial charge is 0.0130 e. The fourth-order valence-corrected chi connectivity index (χ4v) is 2.01. The van der Waals surface area contributed by atoms with Gasteiger partial charge in [-0.05, 0) is 47.0 Å². The summed E-state index contributed by atoms with van der Waals surface area (Å²) in [7, 11) is 0. The van der Waals surface area contributed by atoms with Gasteiger partial charge in [-0.2, -0.15) is 0 Å². The van der Waals surface area contributed by atoms with Crippen molar-refractivity contribution in [3.8, 4) is 0 Å². The van der Waals surface area contributed by atoms with Crippen LogP contribution in [-0.4, -0.2) is 11.1 Å². The van der Waals surface area contributed by atoms with Gasteiger partial charge in [0.2, 0.25) is 0 Å². The summed E-state index contributed by atoms with van der Waals surface area (Å²) in [6.07, 6.45) is 4.00. The molecule has 2 nitrogen and oxygen atoms in total. The van der Waals surface area contributed by atoms with E-state index < -0.39 is 0 Å². The van der Waals surface area contributed by atoms with E-state index in [1.807, 2.05) is 0 Å². The van der Waals surface area contributed by atoms with Crippen LogP contribution in [0.4, 0.5) is 0 Å². The maximum Gasteiger partial charge on any atom is 0.0130 e. The van der Waals surface area contributed by atoms with Crippen LogP contribution in [0.1, 0.15) is 47.0 Å². The lowest BCUT2D eigenvalue weighted by molar-refractivity contribution is 0.183. The van der Waals surface area contributed by atoms with Crippen molar-refractivity contribution in [3.05, 3.63) is 0 Å². The minimum absolute atomic E-state index is 0. The van der Waals surface area contributed by atoms with Crippen molar-refractivity contribution in [1.29, 1.82) is 0 Å². The molecule has 0 aromatic rings. The van der Waals surface area contributed by atoms with Crippen LogP contribution in [0.25, 0.3) is 0 Å². The third-order valence-electron chi connectivity index (χ3n) is 2.28. The molecule has 0 aromatic heterocycles. The van der Waals surface area contributed by atoms with Gasteiger partial charge in [0.15, 0.2) is 0 Å². The summed E-state index contributed by atoms with van der Waals surface area (Å²) in [6.45, 7) is 9.14. The average Bonchev–Trinajstić information content (AvgIpc) is 1.56. The second-order valence-corrected chi connectivity index (χ2v) is 4.75. The molecule has 2 radical (unpaired) electrons. The van der Waals surface area contributed by atoms with Gasteiger partial charge in [-0.15, -0.1) is 0 Å². The van der Waals surface area contributed by atoms with Crippen molar-refractivity contribution in [2.45, 2.75) is 58.0 Å². The molecule has 0 aliphatic carbocycles. The first-order valence-electron chi connectivity index (χ1n) is 4.21. The summed E-state index contributed by atoms with van der Waals surface area (Å²) < 4.78 is 0. The summed E-state index contributed by atoms with van der Waals surface area (Å²) in [5.41, 5.74) is 0.726. The van der Waals surface area contributed by atoms with E-state index in [-0.39, 0.29) is 5.48 Å². The molecule has 0 amide bonds. The Bertz CT molecular complexity index is 116. The fourth-order valence-electron chi connectivity index (χ4n) is 2.01. The summed E-state index contributed by atoms with van der Waals surface area (Å²) in [6, 6.07) is 0. The molecule has 0 aromatic carbocycles. The van der Waals surface area contributed by atoms with Gasteiger partial charge in [-0.3, -0.25) is 0 Å². The Morgan fingerprint density at radius 3 is 1.45 bits per heavy atom. The fraction of sp³-hybridized carbons (Fsp3) is 1.00. The van der Waals surface area contributed by atoms with Gasteiger partial charge in [-0.1, -0.05) is 0 Å². The molecule has 1 heterocycles. The van der Waals surface area contributed by atoms with E-state index in [4.69, 9.17) is 0 Å². The zero-order valence-corrected chi connectivity index (χ0v) is 8.03. The molecule has 0 unspecified atom stereocenters. The van der Waals surface area contributed by atoms with Crippen LogP contribution in [-0.2, 0) is 5.48 Å². The topological polar surface area (TPSA) is 40.5 Å². The van der Waals surface area contributed by atoms with Crippen LogP contribution in [0.3, 0.4) is 0 Å². The molecule has 1 rings (SSSR count). The molecule has 1 aliphatic rings. The Morgan fingerprint density at radius 1 is 0.909 bits per heavy atom. The monoisotopic (exact) mass is 157 g/mol. The Labute approximate surface area is 69.7 Å². The van der Waals surface area contributed by atoms with E-state index in [1.54, 1.807) is 0 Å². The molecule has 1 fully saturated rings. The lowest BCUT2D eigenvalue weighted by atomic mass is 9.83. The van der Waals surface area contributed by atoms with Crippen molar-refractivity contribution in [1.82, 2.24) is 5.32 Å². The van der Waals surface area contributed by atoms with Gasteiger partial charge in [0.25, 0.3) is 0 Å². The molecule has 0 atom stereocenters. The molecule has 1 aliphatic heterocycles. The molecular weight excluding hydrogens is 138 g/mol. The molecule has 0 bridgehead atoms. The lowest BCUT2D eigenvalue weighted by Crippen LogP contribution is -2.55. The highest BCUT2D eigenvalue weighted by Gasteiger charge is 2.31. The van der Waals surface area contributed by atoms with E-state index in [1.165, 1.54) is 19.3 Å². The van der Waals surface area contributed by atoms with E-state index >= 15 is 0 Å². The molecular formula is C9H19NO. The van der Waals surface area contributed by atoms with Crippen LogP contribution < -0.4 is 5.32 Å². The lowest BCUT2D eigenvalue weighted by Gasteiger charge is -2.42. The van der Waals surface area contributed by atoms with Crippen LogP contribution in [0.15, 0.2) is 0 Å². The Morgan fingerprint density at radius 2 is 1.27 bits per heavy atom. The van der Waals surface area contributed by atoms with Gasteiger partial charge in [-0.25, -0.2) is 0 Å². The SMILES string of the molecule is CC1(C)CCCC(C)(C)N1.[O]. The standard InChI is InChI=1S/C9H19N.O/c1-8(2)6-5-7-9(3,4)10-8;/h10H,5-7H2,1-4H3;. The number of nitrogens with one attached hydrogen (secondary N) is 1. The molecule has 66 valence electrons. The van der Waals surface area contributed by atoms with Crippen molar-refractivity contribution < 1.29 is 5.48 Å². The Hall–Kier alpha value is -0.0800. The van der Waals surface area contributed by atoms with Crippen LogP contribution in [0.5, 0.6) is 0 Å². The largest absolute Gasteiger partial charge is 0.307 e. The number of hydrogen-bond donors (Lipinski definition) is 1. The van der Waals surface area contributed by atoms with Crippen molar-refractivity contribution in [2.75, 3.05) is 0 Å². The van der Waals surface area contributed by atoms with E-state index in [0.29, 0.717) is 11.1 Å². The van der Waals surface area contributed by atoms with Gasteiger partial charge in [0.1, 0.15) is 0 Å². The van der Waals surface area contributed by atoms with Crippen molar-refractivity contribution in [3.63, 3.8) is 0 Å². The molecule has 0 spiro atoms. The number of piperidine rings is 1. The first-order valence-corrected chi connectivity index (χ1v) is 4.21. The van der Waals surface area contributed by atoms with E-state index in [9.17, 15) is 0 Å². The third-order valence-corrected chi connectivity index (χ3v) is 2.28. The number of hydrogen-bond acceptors (Lipinski definition) is 1. The summed E-state index contributed by atoms with van der Waals surface area (Å²) in [4.78, 5) is 0. The van der Waals surface area contributed by atoms with Crippen molar-refractivity contribution in [2.24, 2.45) is 0 Å². The van der Waals surface area contributed by atoms with Crippen LogP contribution in [0, 0.1) is 0 Å². The zero-order chi connectivity index (χ0) is 7.83. The summed E-state index contributed by atoms with van der Waals surface area (Å²) >= 11 is 0. The molecule has 11 heavy (non-hydrogen) atoms. The van der Waals surface area contributed by atoms with Gasteiger partial charge in [0.05, 0.1) is 0 Å². The molecule has 0 saturated carbocycles. The predicted molar refractivity (Wildman–Crippen MR) is 45.8 cm³/mol. The van der Waals surface area contributed by atoms with Gasteiger partial charge >= 0.3 is 0 Å². The van der Waals surface area contributed by atoms with Crippen LogP contribution in [0.2, 0.25) is 0 Å². The highest BCUT2D eigenvalue weighted by molar-refractivity contribution is 4.92. The zero-order valence-electron chi connectivity index (χ0n) is 8.03. The molecule has 1 N–H and O–H groups in total. The van der Waals surface area contributed by atoms with Gasteiger partial charge in [0, 0.05) is 16.6 Å². The average molecular weight is 157 g/mol. The number of rotatable bonds is 0.